The van der Waals surface area contributed by atoms with Gasteiger partial charge >= 0.3 is 6.09 Å². The number of fused-ring (bicyclic) bond motifs is 1. The number of hydrogen-bond acceptors (Lipinski definition) is 2. The van der Waals surface area contributed by atoms with Crippen LogP contribution in [-0.4, -0.2) is 12.7 Å². The Morgan fingerprint density at radius 3 is 2.74 bits per heavy atom. The first-order valence-electron chi connectivity index (χ1n) is 6.32. The van der Waals surface area contributed by atoms with Gasteiger partial charge < -0.3 is 4.74 Å². The van der Waals surface area contributed by atoms with Crippen molar-refractivity contribution in [1.82, 2.24) is 0 Å². The fourth-order valence-corrected chi connectivity index (χ4v) is 2.14. The highest BCUT2D eigenvalue weighted by Crippen LogP contribution is 2.23. The van der Waals surface area contributed by atoms with E-state index in [1.165, 1.54) is 0 Å². The van der Waals surface area contributed by atoms with Crippen LogP contribution < -0.4 is 5.32 Å². The number of amides is 1. The van der Waals surface area contributed by atoms with Crippen LogP contribution in [0.15, 0.2) is 40.9 Å². The van der Waals surface area contributed by atoms with E-state index in [2.05, 4.69) is 28.2 Å². The number of benzene rings is 2. The van der Waals surface area contributed by atoms with E-state index in [1.807, 2.05) is 36.4 Å². The molecule has 19 heavy (non-hydrogen) atoms. The quantitative estimate of drug-likeness (QED) is 0.809. The molecule has 0 bridgehead atoms. The Balaban J connectivity index is 2.05. The van der Waals surface area contributed by atoms with E-state index in [4.69, 9.17) is 4.74 Å². The predicted octanol–water partition coefficient (Wildman–Crippen LogP) is 4.95. The third-order valence-electron chi connectivity index (χ3n) is 2.78. The van der Waals surface area contributed by atoms with Gasteiger partial charge in [-0.15, -0.1) is 0 Å². The van der Waals surface area contributed by atoms with E-state index < -0.39 is 6.09 Å². The molecule has 0 saturated heterocycles. The van der Waals surface area contributed by atoms with Crippen molar-refractivity contribution >= 4 is 38.5 Å². The van der Waals surface area contributed by atoms with Crippen LogP contribution in [0.2, 0.25) is 0 Å². The van der Waals surface area contributed by atoms with Gasteiger partial charge in [-0.05, 0) is 41.5 Å². The molecule has 1 amide bonds. The molecular formula is C15H16BrNO2. The van der Waals surface area contributed by atoms with Crippen molar-refractivity contribution in [3.05, 3.63) is 40.9 Å². The van der Waals surface area contributed by atoms with Gasteiger partial charge in [0.05, 0.1) is 6.61 Å². The molecule has 0 aromatic heterocycles. The van der Waals surface area contributed by atoms with Crippen molar-refractivity contribution in [1.29, 1.82) is 0 Å². The van der Waals surface area contributed by atoms with E-state index in [-0.39, 0.29) is 0 Å². The smallest absolute Gasteiger partial charge is 0.411 e. The largest absolute Gasteiger partial charge is 0.449 e. The van der Waals surface area contributed by atoms with Crippen molar-refractivity contribution < 1.29 is 9.53 Å². The zero-order chi connectivity index (χ0) is 13.7. The Hall–Kier alpha value is -1.55. The van der Waals surface area contributed by atoms with Gasteiger partial charge in [0.15, 0.2) is 0 Å². The summed E-state index contributed by atoms with van der Waals surface area (Å²) in [5, 5.41) is 4.94. The molecule has 100 valence electrons. The van der Waals surface area contributed by atoms with Crippen molar-refractivity contribution in [2.24, 2.45) is 0 Å². The summed E-state index contributed by atoms with van der Waals surface area (Å²) in [5.41, 5.74) is 0.747. The van der Waals surface area contributed by atoms with Crippen molar-refractivity contribution in [3.63, 3.8) is 0 Å². The van der Waals surface area contributed by atoms with E-state index in [0.29, 0.717) is 6.61 Å². The molecule has 2 aromatic rings. The van der Waals surface area contributed by atoms with E-state index in [0.717, 1.165) is 33.8 Å². The minimum atomic E-state index is -0.398. The molecule has 4 heteroatoms. The first-order chi connectivity index (χ1) is 9.19. The Morgan fingerprint density at radius 2 is 1.95 bits per heavy atom. The van der Waals surface area contributed by atoms with Crippen LogP contribution in [0.5, 0.6) is 0 Å². The Labute approximate surface area is 121 Å². The van der Waals surface area contributed by atoms with Gasteiger partial charge in [-0.2, -0.15) is 0 Å². The van der Waals surface area contributed by atoms with Crippen LogP contribution in [0.25, 0.3) is 10.8 Å². The summed E-state index contributed by atoms with van der Waals surface area (Å²) in [5.74, 6) is 0. The molecule has 0 fully saturated rings. The lowest BCUT2D eigenvalue weighted by Gasteiger charge is -2.07. The summed E-state index contributed by atoms with van der Waals surface area (Å²) in [7, 11) is 0. The fourth-order valence-electron chi connectivity index (χ4n) is 1.76. The lowest BCUT2D eigenvalue weighted by molar-refractivity contribution is 0.160. The standard InChI is InChI=1S/C15H16BrNO2/c1-2-3-8-19-15(18)17-14-7-5-11-9-13(16)6-4-12(11)10-14/h4-7,9-10H,2-3,8H2,1H3,(H,17,18). The molecule has 2 aromatic carbocycles. The van der Waals surface area contributed by atoms with Gasteiger partial charge in [0.25, 0.3) is 0 Å². The minimum Gasteiger partial charge on any atom is -0.449 e. The maximum absolute atomic E-state index is 11.5. The minimum absolute atomic E-state index is 0.398. The molecule has 0 aliphatic rings. The maximum Gasteiger partial charge on any atom is 0.411 e. The Kier molecular flexibility index (Phi) is 4.80. The molecule has 0 atom stereocenters. The first-order valence-corrected chi connectivity index (χ1v) is 7.11. The highest BCUT2D eigenvalue weighted by Gasteiger charge is 2.03. The SMILES string of the molecule is CCCCOC(=O)Nc1ccc2cc(Br)ccc2c1. The van der Waals surface area contributed by atoms with Crippen LogP contribution in [0.3, 0.4) is 0 Å². The van der Waals surface area contributed by atoms with Gasteiger partial charge in [0, 0.05) is 10.2 Å². The van der Waals surface area contributed by atoms with Crippen LogP contribution >= 0.6 is 15.9 Å². The van der Waals surface area contributed by atoms with E-state index >= 15 is 0 Å². The molecule has 0 saturated carbocycles. The Bertz CT molecular complexity index is 583. The number of anilines is 1. The van der Waals surface area contributed by atoms with E-state index in [9.17, 15) is 4.79 Å². The molecular weight excluding hydrogens is 306 g/mol. The van der Waals surface area contributed by atoms with Crippen LogP contribution in [-0.2, 0) is 4.74 Å². The molecule has 0 radical (unpaired) electrons. The number of carbonyl (C=O) groups is 1. The zero-order valence-electron chi connectivity index (χ0n) is 10.8. The molecule has 0 unspecified atom stereocenters. The number of unbranched alkanes of at least 4 members (excludes halogenated alkanes) is 1. The second kappa shape index (κ2) is 6.57. The predicted molar refractivity (Wildman–Crippen MR) is 81.5 cm³/mol. The topological polar surface area (TPSA) is 38.3 Å². The number of ether oxygens (including phenoxy) is 1. The summed E-state index contributed by atoms with van der Waals surface area (Å²) in [6.07, 6.45) is 1.50. The first kappa shape index (κ1) is 13.9. The lowest BCUT2D eigenvalue weighted by Crippen LogP contribution is -2.14. The number of hydrogen-bond donors (Lipinski definition) is 1. The maximum atomic E-state index is 11.5. The molecule has 0 spiro atoms. The fraction of sp³-hybridized carbons (Fsp3) is 0.267. The van der Waals surface area contributed by atoms with E-state index in [1.54, 1.807) is 0 Å². The second-order valence-corrected chi connectivity index (χ2v) is 5.24. The average molecular weight is 322 g/mol. The van der Waals surface area contributed by atoms with Gasteiger partial charge in [-0.3, -0.25) is 5.32 Å². The van der Waals surface area contributed by atoms with Gasteiger partial charge in [0.1, 0.15) is 0 Å². The zero-order valence-corrected chi connectivity index (χ0v) is 12.4. The van der Waals surface area contributed by atoms with Gasteiger partial charge in [0.2, 0.25) is 0 Å². The molecule has 0 aliphatic heterocycles. The van der Waals surface area contributed by atoms with Crippen molar-refractivity contribution in [2.45, 2.75) is 19.8 Å². The molecule has 1 N–H and O–H groups in total. The summed E-state index contributed by atoms with van der Waals surface area (Å²) < 4.78 is 6.10. The summed E-state index contributed by atoms with van der Waals surface area (Å²) >= 11 is 3.44. The number of carbonyl (C=O) groups excluding carboxylic acids is 1. The second-order valence-electron chi connectivity index (χ2n) is 4.32. The van der Waals surface area contributed by atoms with Crippen LogP contribution in [0, 0.1) is 0 Å². The summed E-state index contributed by atoms with van der Waals surface area (Å²) in [4.78, 5) is 11.5. The lowest BCUT2D eigenvalue weighted by atomic mass is 10.1. The molecule has 2 rings (SSSR count). The normalized spacial score (nSPS) is 10.4. The molecule has 0 heterocycles. The third kappa shape index (κ3) is 3.96. The van der Waals surface area contributed by atoms with Gasteiger partial charge in [-0.25, -0.2) is 4.79 Å². The highest BCUT2D eigenvalue weighted by atomic mass is 79.9. The Morgan fingerprint density at radius 1 is 1.21 bits per heavy atom. The number of nitrogens with one attached hydrogen (secondary N) is 1. The van der Waals surface area contributed by atoms with Crippen LogP contribution in [0.4, 0.5) is 10.5 Å². The number of rotatable bonds is 4. The van der Waals surface area contributed by atoms with Crippen molar-refractivity contribution in [2.75, 3.05) is 11.9 Å². The molecule has 3 nitrogen and oxygen atoms in total. The number of halogens is 1. The average Bonchev–Trinajstić information content (AvgIpc) is 2.39. The monoisotopic (exact) mass is 321 g/mol. The summed E-state index contributed by atoms with van der Waals surface area (Å²) in [6.45, 7) is 2.52. The van der Waals surface area contributed by atoms with Crippen molar-refractivity contribution in [3.8, 4) is 0 Å². The highest BCUT2D eigenvalue weighted by molar-refractivity contribution is 9.10. The van der Waals surface area contributed by atoms with Crippen LogP contribution in [0.1, 0.15) is 19.8 Å². The molecule has 0 aliphatic carbocycles. The third-order valence-corrected chi connectivity index (χ3v) is 3.27. The van der Waals surface area contributed by atoms with Gasteiger partial charge in [-0.1, -0.05) is 41.4 Å². The summed E-state index contributed by atoms with van der Waals surface area (Å²) in [6, 6.07) is 11.8.